The van der Waals surface area contributed by atoms with Gasteiger partial charge in [0.15, 0.2) is 11.5 Å². The summed E-state index contributed by atoms with van der Waals surface area (Å²) in [6.07, 6.45) is 5.26. The molecule has 8 heteroatoms. The third kappa shape index (κ3) is 3.22. The number of imidazole rings is 1. The number of aromatic nitrogens is 4. The Hall–Kier alpha value is -3.03. The lowest BCUT2D eigenvalue weighted by Gasteiger charge is -2.33. The molecule has 0 bridgehead atoms. The Morgan fingerprint density at radius 3 is 2.46 bits per heavy atom. The van der Waals surface area contributed by atoms with E-state index in [2.05, 4.69) is 30.2 Å². The van der Waals surface area contributed by atoms with E-state index < -0.39 is 0 Å². The molecule has 3 heterocycles. The van der Waals surface area contributed by atoms with Gasteiger partial charge < -0.3 is 24.7 Å². The van der Waals surface area contributed by atoms with Crippen LogP contribution in [0.15, 0.2) is 30.9 Å². The molecule has 0 amide bonds. The van der Waals surface area contributed by atoms with Crippen LogP contribution in [0.25, 0.3) is 11.2 Å². The molecule has 0 radical (unpaired) electrons. The third-order valence-electron chi connectivity index (χ3n) is 4.72. The maximum Gasteiger partial charge on any atom is 0.182 e. The van der Waals surface area contributed by atoms with Crippen molar-refractivity contribution in [3.8, 4) is 11.5 Å². The number of nitrogens with one attached hydrogen (secondary N) is 2. The van der Waals surface area contributed by atoms with Crippen molar-refractivity contribution in [1.82, 2.24) is 19.9 Å². The Balaban J connectivity index is 1.43. The van der Waals surface area contributed by atoms with Crippen LogP contribution in [0, 0.1) is 0 Å². The molecule has 3 aromatic rings. The van der Waals surface area contributed by atoms with Crippen molar-refractivity contribution in [2.45, 2.75) is 18.9 Å². The predicted octanol–water partition coefficient (Wildman–Crippen LogP) is 2.45. The van der Waals surface area contributed by atoms with Crippen molar-refractivity contribution >= 4 is 22.7 Å². The van der Waals surface area contributed by atoms with Gasteiger partial charge in [-0.2, -0.15) is 0 Å². The molecule has 4 rings (SSSR count). The molecule has 0 spiro atoms. The van der Waals surface area contributed by atoms with Crippen LogP contribution in [-0.4, -0.2) is 53.3 Å². The zero-order valence-electron chi connectivity index (χ0n) is 14.9. The molecule has 0 atom stereocenters. The number of fused-ring (bicyclic) bond motifs is 1. The highest BCUT2D eigenvalue weighted by molar-refractivity contribution is 5.82. The smallest absolute Gasteiger partial charge is 0.182 e. The largest absolute Gasteiger partial charge is 0.497 e. The average Bonchev–Trinajstić information content (AvgIpc) is 3.17. The summed E-state index contributed by atoms with van der Waals surface area (Å²) in [7, 11) is 3.32. The first-order valence-corrected chi connectivity index (χ1v) is 8.65. The molecule has 1 aliphatic rings. The number of anilines is 2. The van der Waals surface area contributed by atoms with E-state index in [4.69, 9.17) is 9.47 Å². The van der Waals surface area contributed by atoms with Crippen LogP contribution in [0.1, 0.15) is 12.8 Å². The van der Waals surface area contributed by atoms with Crippen LogP contribution in [-0.2, 0) is 0 Å². The molecule has 2 aromatic heterocycles. The number of methoxy groups -OCH3 is 2. The van der Waals surface area contributed by atoms with E-state index in [1.807, 2.05) is 18.2 Å². The minimum Gasteiger partial charge on any atom is -0.497 e. The minimum absolute atomic E-state index is 0.391. The third-order valence-corrected chi connectivity index (χ3v) is 4.72. The maximum atomic E-state index is 5.34. The van der Waals surface area contributed by atoms with Gasteiger partial charge in [-0.1, -0.05) is 0 Å². The Kier molecular flexibility index (Phi) is 4.47. The lowest BCUT2D eigenvalue weighted by atomic mass is 10.0. The van der Waals surface area contributed by atoms with Gasteiger partial charge in [0.2, 0.25) is 0 Å². The van der Waals surface area contributed by atoms with Gasteiger partial charge in [0.05, 0.1) is 20.5 Å². The van der Waals surface area contributed by atoms with Gasteiger partial charge in [0.25, 0.3) is 0 Å². The summed E-state index contributed by atoms with van der Waals surface area (Å²) < 4.78 is 10.7. The van der Waals surface area contributed by atoms with Gasteiger partial charge in [0.1, 0.15) is 23.3 Å². The molecular formula is C18H22N6O2. The molecular weight excluding hydrogens is 332 g/mol. The zero-order chi connectivity index (χ0) is 17.9. The fraction of sp³-hybridized carbons (Fsp3) is 0.389. The highest BCUT2D eigenvalue weighted by Gasteiger charge is 2.22. The van der Waals surface area contributed by atoms with Crippen molar-refractivity contribution in [2.75, 3.05) is 37.5 Å². The van der Waals surface area contributed by atoms with Crippen molar-refractivity contribution < 1.29 is 9.47 Å². The first-order chi connectivity index (χ1) is 12.8. The van der Waals surface area contributed by atoms with E-state index in [1.54, 1.807) is 26.9 Å². The minimum atomic E-state index is 0.391. The predicted molar refractivity (Wildman–Crippen MR) is 100 cm³/mol. The molecule has 8 nitrogen and oxygen atoms in total. The zero-order valence-corrected chi connectivity index (χ0v) is 14.9. The molecule has 0 aliphatic carbocycles. The lowest BCUT2D eigenvalue weighted by Crippen LogP contribution is -2.39. The van der Waals surface area contributed by atoms with Crippen LogP contribution in [0.5, 0.6) is 11.5 Å². The van der Waals surface area contributed by atoms with Crippen molar-refractivity contribution in [2.24, 2.45) is 0 Å². The highest BCUT2D eigenvalue weighted by atomic mass is 16.5. The van der Waals surface area contributed by atoms with Crippen LogP contribution in [0.4, 0.5) is 11.5 Å². The molecule has 0 unspecified atom stereocenters. The quantitative estimate of drug-likeness (QED) is 0.727. The number of piperidine rings is 1. The van der Waals surface area contributed by atoms with E-state index in [1.165, 1.54) is 0 Å². The van der Waals surface area contributed by atoms with E-state index in [0.717, 1.165) is 54.5 Å². The summed E-state index contributed by atoms with van der Waals surface area (Å²) in [5, 5.41) is 3.59. The van der Waals surface area contributed by atoms with E-state index >= 15 is 0 Å². The fourth-order valence-electron chi connectivity index (χ4n) is 3.35. The van der Waals surface area contributed by atoms with Crippen LogP contribution < -0.4 is 19.7 Å². The van der Waals surface area contributed by atoms with Gasteiger partial charge in [-0.25, -0.2) is 15.0 Å². The molecule has 1 aromatic carbocycles. The van der Waals surface area contributed by atoms with Crippen molar-refractivity contribution in [3.05, 3.63) is 30.9 Å². The van der Waals surface area contributed by atoms with Gasteiger partial charge >= 0.3 is 0 Å². The van der Waals surface area contributed by atoms with Crippen molar-refractivity contribution in [1.29, 1.82) is 0 Å². The summed E-state index contributed by atoms with van der Waals surface area (Å²) >= 11 is 0. The number of rotatable bonds is 5. The summed E-state index contributed by atoms with van der Waals surface area (Å²) in [5.41, 5.74) is 2.62. The van der Waals surface area contributed by atoms with Crippen LogP contribution in [0.2, 0.25) is 0 Å². The number of ether oxygens (including phenoxy) is 2. The number of hydrogen-bond acceptors (Lipinski definition) is 7. The first-order valence-electron chi connectivity index (χ1n) is 8.65. The Labute approximate surface area is 151 Å². The van der Waals surface area contributed by atoms with E-state index in [-0.39, 0.29) is 0 Å². The summed E-state index contributed by atoms with van der Waals surface area (Å²) in [6, 6.07) is 6.25. The number of hydrogen-bond donors (Lipinski definition) is 2. The number of nitrogens with zero attached hydrogens (tertiary/aromatic N) is 4. The number of H-pyrrole nitrogens is 1. The Morgan fingerprint density at radius 2 is 1.77 bits per heavy atom. The second kappa shape index (κ2) is 7.07. The second-order valence-electron chi connectivity index (χ2n) is 6.31. The van der Waals surface area contributed by atoms with Crippen LogP contribution in [0.3, 0.4) is 0 Å². The molecule has 1 aliphatic heterocycles. The standard InChI is InChI=1S/C18H22N6O2/c1-25-14-7-13(8-15(9-14)26-2)23-12-3-5-24(6-4-12)18-16-17(20-10-19-16)21-11-22-18/h7-12,23H,3-6H2,1-2H3,(H,19,20,21,22). The summed E-state index contributed by atoms with van der Waals surface area (Å²) in [4.78, 5) is 18.3. The average molecular weight is 354 g/mol. The topological polar surface area (TPSA) is 88.2 Å². The normalized spacial score (nSPS) is 15.2. The second-order valence-corrected chi connectivity index (χ2v) is 6.31. The highest BCUT2D eigenvalue weighted by Crippen LogP contribution is 2.28. The molecule has 0 saturated carbocycles. The van der Waals surface area contributed by atoms with E-state index in [0.29, 0.717) is 11.7 Å². The lowest BCUT2D eigenvalue weighted by molar-refractivity contribution is 0.394. The molecule has 2 N–H and O–H groups in total. The van der Waals surface area contributed by atoms with Gasteiger partial charge in [-0.15, -0.1) is 0 Å². The molecule has 136 valence electrons. The van der Waals surface area contributed by atoms with E-state index in [9.17, 15) is 0 Å². The van der Waals surface area contributed by atoms with Crippen LogP contribution >= 0.6 is 0 Å². The number of aromatic amines is 1. The van der Waals surface area contributed by atoms with Crippen molar-refractivity contribution in [3.63, 3.8) is 0 Å². The fourth-order valence-corrected chi connectivity index (χ4v) is 3.35. The molecule has 26 heavy (non-hydrogen) atoms. The maximum absolute atomic E-state index is 5.34. The van der Waals surface area contributed by atoms with Gasteiger partial charge in [-0.05, 0) is 12.8 Å². The Morgan fingerprint density at radius 1 is 1.04 bits per heavy atom. The number of benzene rings is 1. The first kappa shape index (κ1) is 16.4. The Bertz CT molecular complexity index is 866. The SMILES string of the molecule is COc1cc(NC2CCN(c3ncnc4nc[nH]c34)CC2)cc(OC)c1. The van der Waals surface area contributed by atoms with Gasteiger partial charge in [-0.3, -0.25) is 0 Å². The summed E-state index contributed by atoms with van der Waals surface area (Å²) in [6.45, 7) is 1.84. The summed E-state index contributed by atoms with van der Waals surface area (Å²) in [5.74, 6) is 2.49. The monoisotopic (exact) mass is 354 g/mol. The molecule has 1 saturated heterocycles. The molecule has 1 fully saturated rings. The van der Waals surface area contributed by atoms with Gasteiger partial charge in [0, 0.05) is 43.0 Å².